The summed E-state index contributed by atoms with van der Waals surface area (Å²) in [6.45, 7) is 16.2. The molecule has 5 rings (SSSR count). The lowest BCUT2D eigenvalue weighted by Crippen LogP contribution is -1.92. The van der Waals surface area contributed by atoms with Crippen LogP contribution in [-0.4, -0.2) is 9.97 Å². The monoisotopic (exact) mass is 543 g/mol. The quantitative estimate of drug-likeness (QED) is 0.180. The molecule has 0 N–H and O–H groups in total. The van der Waals surface area contributed by atoms with Gasteiger partial charge >= 0.3 is 0 Å². The first kappa shape index (κ1) is 25.7. The Balaban J connectivity index is 1.23. The molecule has 3 heterocycles. The molecule has 0 fully saturated rings. The van der Waals surface area contributed by atoms with Crippen LogP contribution in [0.3, 0.4) is 0 Å². The SMILES string of the molecule is [C-]#[N+]c1ccc(Oc2cccc(Oc3ccc(Oc4cccc(Oc5ccc(C)c(C#N)c5)n4)s3)n2)cc1[N+]#[C-]. The summed E-state index contributed by atoms with van der Waals surface area (Å²) >= 11 is 1.25. The van der Waals surface area contributed by atoms with E-state index >= 15 is 0 Å². The van der Waals surface area contributed by atoms with Crippen LogP contribution in [0.4, 0.5) is 11.4 Å². The van der Waals surface area contributed by atoms with E-state index < -0.39 is 0 Å². The van der Waals surface area contributed by atoms with Crippen LogP contribution in [0, 0.1) is 31.4 Å². The van der Waals surface area contributed by atoms with Crippen molar-refractivity contribution in [3.63, 3.8) is 0 Å². The van der Waals surface area contributed by atoms with Crippen molar-refractivity contribution in [2.75, 3.05) is 0 Å². The van der Waals surface area contributed by atoms with Crippen molar-refractivity contribution in [3.8, 4) is 51.2 Å². The fraction of sp³-hybridized carbons (Fsp3) is 0.0333. The normalized spacial score (nSPS) is 10.1. The summed E-state index contributed by atoms with van der Waals surface area (Å²) in [5.74, 6) is 2.12. The number of thiophene rings is 1. The number of nitriles is 1. The highest BCUT2D eigenvalue weighted by Gasteiger charge is 2.10. The van der Waals surface area contributed by atoms with Crippen molar-refractivity contribution in [2.24, 2.45) is 0 Å². The van der Waals surface area contributed by atoms with Crippen molar-refractivity contribution in [1.82, 2.24) is 9.97 Å². The maximum Gasteiger partial charge on any atom is 0.223 e. The van der Waals surface area contributed by atoms with E-state index in [1.54, 1.807) is 66.7 Å². The molecule has 3 aromatic heterocycles. The largest absolute Gasteiger partial charge is 0.440 e. The molecule has 5 aromatic rings. The van der Waals surface area contributed by atoms with Crippen LogP contribution in [0.15, 0.2) is 84.9 Å². The van der Waals surface area contributed by atoms with Gasteiger partial charge in [-0.3, -0.25) is 4.85 Å². The van der Waals surface area contributed by atoms with Gasteiger partial charge in [-0.2, -0.15) is 15.2 Å². The van der Waals surface area contributed by atoms with Crippen LogP contribution in [0.5, 0.6) is 45.1 Å². The summed E-state index contributed by atoms with van der Waals surface area (Å²) in [4.78, 5) is 15.4. The van der Waals surface area contributed by atoms with Crippen LogP contribution >= 0.6 is 11.3 Å². The molecule has 0 aliphatic heterocycles. The third-order valence-corrected chi connectivity index (χ3v) is 6.17. The lowest BCUT2D eigenvalue weighted by Gasteiger charge is -2.08. The van der Waals surface area contributed by atoms with Gasteiger partial charge in [0.2, 0.25) is 23.5 Å². The van der Waals surface area contributed by atoms with Gasteiger partial charge in [-0.1, -0.05) is 35.6 Å². The molecule has 2 aromatic carbocycles. The zero-order valence-electron chi connectivity index (χ0n) is 20.9. The third kappa shape index (κ3) is 6.15. The average molecular weight is 544 g/mol. The maximum absolute atomic E-state index is 9.24. The van der Waals surface area contributed by atoms with Gasteiger partial charge in [0.15, 0.2) is 21.5 Å². The molecule has 0 aliphatic carbocycles. The molecule has 0 bridgehead atoms. The van der Waals surface area contributed by atoms with Crippen molar-refractivity contribution in [3.05, 3.63) is 119 Å². The number of benzene rings is 2. The van der Waals surface area contributed by atoms with Crippen LogP contribution in [0.2, 0.25) is 0 Å². The number of nitrogens with zero attached hydrogens (tertiary/aromatic N) is 5. The van der Waals surface area contributed by atoms with Crippen LogP contribution < -0.4 is 18.9 Å². The Morgan fingerprint density at radius 1 is 0.675 bits per heavy atom. The number of rotatable bonds is 8. The highest BCUT2D eigenvalue weighted by molar-refractivity contribution is 7.15. The number of pyridine rings is 2. The van der Waals surface area contributed by atoms with E-state index in [1.807, 2.05) is 13.0 Å². The molecular formula is C30H17N5O4S. The molecule has 0 unspecified atom stereocenters. The molecule has 0 radical (unpaired) electrons. The predicted octanol–water partition coefficient (Wildman–Crippen LogP) is 8.99. The number of hydrogen-bond donors (Lipinski definition) is 0. The Morgan fingerprint density at radius 2 is 1.20 bits per heavy atom. The van der Waals surface area contributed by atoms with Gasteiger partial charge < -0.3 is 18.9 Å². The molecule has 40 heavy (non-hydrogen) atoms. The Labute approximate surface area is 233 Å². The highest BCUT2D eigenvalue weighted by atomic mass is 32.1. The second kappa shape index (κ2) is 11.7. The van der Waals surface area contributed by atoms with E-state index in [0.717, 1.165) is 5.56 Å². The van der Waals surface area contributed by atoms with Gasteiger partial charge in [-0.15, -0.1) is 0 Å². The van der Waals surface area contributed by atoms with Crippen molar-refractivity contribution >= 4 is 22.7 Å². The van der Waals surface area contributed by atoms with Gasteiger partial charge in [-0.05, 0) is 48.9 Å². The van der Waals surface area contributed by atoms with Crippen molar-refractivity contribution in [1.29, 1.82) is 5.26 Å². The number of hydrogen-bond acceptors (Lipinski definition) is 8. The Morgan fingerprint density at radius 3 is 1.75 bits per heavy atom. The lowest BCUT2D eigenvalue weighted by molar-refractivity contribution is 0.431. The number of aromatic nitrogens is 2. The minimum absolute atomic E-state index is 0.209. The van der Waals surface area contributed by atoms with Gasteiger partial charge in [0.1, 0.15) is 11.5 Å². The van der Waals surface area contributed by atoms with E-state index in [4.69, 9.17) is 32.1 Å². The Bertz CT molecular complexity index is 1830. The van der Waals surface area contributed by atoms with Gasteiger partial charge in [0.05, 0.1) is 24.8 Å². The summed E-state index contributed by atoms with van der Waals surface area (Å²) < 4.78 is 23.3. The topological polar surface area (TPSA) is 95.2 Å². The third-order valence-electron chi connectivity index (χ3n) is 5.33. The summed E-state index contributed by atoms with van der Waals surface area (Å²) in [6.07, 6.45) is 0. The molecule has 0 saturated carbocycles. The second-order valence-corrected chi connectivity index (χ2v) is 9.08. The van der Waals surface area contributed by atoms with Crippen molar-refractivity contribution in [2.45, 2.75) is 6.92 Å². The van der Waals surface area contributed by atoms with E-state index in [0.29, 0.717) is 44.8 Å². The summed E-state index contributed by atoms with van der Waals surface area (Å²) in [6, 6.07) is 25.8. The fourth-order valence-corrected chi connectivity index (χ4v) is 4.14. The minimum Gasteiger partial charge on any atom is -0.440 e. The van der Waals surface area contributed by atoms with E-state index in [-0.39, 0.29) is 17.3 Å². The number of ether oxygens (including phenoxy) is 4. The first-order valence-electron chi connectivity index (χ1n) is 11.7. The zero-order valence-corrected chi connectivity index (χ0v) is 21.7. The summed E-state index contributed by atoms with van der Waals surface area (Å²) in [5, 5.41) is 10.3. The predicted molar refractivity (Wildman–Crippen MR) is 148 cm³/mol. The second-order valence-electron chi connectivity index (χ2n) is 8.07. The van der Waals surface area contributed by atoms with E-state index in [9.17, 15) is 5.26 Å². The molecule has 10 heteroatoms. The maximum atomic E-state index is 9.24. The van der Waals surface area contributed by atoms with Gasteiger partial charge in [-0.25, -0.2) is 4.85 Å². The Hall–Kier alpha value is -5.89. The lowest BCUT2D eigenvalue weighted by atomic mass is 10.1. The molecule has 9 nitrogen and oxygen atoms in total. The van der Waals surface area contributed by atoms with E-state index in [2.05, 4.69) is 25.7 Å². The molecule has 0 saturated heterocycles. The summed E-state index contributed by atoms with van der Waals surface area (Å²) in [7, 11) is 0. The summed E-state index contributed by atoms with van der Waals surface area (Å²) in [5.41, 5.74) is 1.87. The minimum atomic E-state index is 0.209. The van der Waals surface area contributed by atoms with Crippen LogP contribution in [0.25, 0.3) is 9.69 Å². The standard InChI is InChI=1S/C30H17N5O4S/c1-19-10-11-21(16-20(19)18-31)36-25-6-4-8-27(34-25)38-29-14-15-30(40-29)39-28-9-5-7-26(35-28)37-22-12-13-23(32-2)24(17-22)33-3/h4-17H,1H3. The first-order chi connectivity index (χ1) is 19.5. The molecule has 192 valence electrons. The van der Waals surface area contributed by atoms with Crippen LogP contribution in [-0.2, 0) is 0 Å². The molecular weight excluding hydrogens is 526 g/mol. The Kier molecular flexibility index (Phi) is 7.50. The first-order valence-corrected chi connectivity index (χ1v) is 12.5. The zero-order chi connectivity index (χ0) is 27.9. The van der Waals surface area contributed by atoms with Gasteiger partial charge in [0, 0.05) is 24.3 Å². The molecule has 0 amide bonds. The average Bonchev–Trinajstić information content (AvgIpc) is 3.40. The molecule has 0 atom stereocenters. The molecule has 0 aliphatic rings. The van der Waals surface area contributed by atoms with Gasteiger partial charge in [0.25, 0.3) is 0 Å². The highest BCUT2D eigenvalue weighted by Crippen LogP contribution is 2.38. The number of aryl methyl sites for hydroxylation is 1. The van der Waals surface area contributed by atoms with Crippen LogP contribution in [0.1, 0.15) is 11.1 Å². The molecule has 0 spiro atoms. The van der Waals surface area contributed by atoms with Crippen molar-refractivity contribution < 1.29 is 18.9 Å². The van der Waals surface area contributed by atoms with E-state index in [1.165, 1.54) is 23.5 Å². The fourth-order valence-electron chi connectivity index (χ4n) is 3.42. The smallest absolute Gasteiger partial charge is 0.223 e.